The Bertz CT molecular complexity index is 895. The second-order valence-corrected chi connectivity index (χ2v) is 6.98. The zero-order chi connectivity index (χ0) is 22.1. The number of methoxy groups -OCH3 is 1. The minimum atomic E-state index is -0.163. The second-order valence-electron chi connectivity index (χ2n) is 6.98. The van der Waals surface area contributed by atoms with Gasteiger partial charge in [-0.1, -0.05) is 6.07 Å². The van der Waals surface area contributed by atoms with Crippen LogP contribution in [0.2, 0.25) is 0 Å². The third-order valence-corrected chi connectivity index (χ3v) is 4.92. The van der Waals surface area contributed by atoms with Crippen LogP contribution in [-0.4, -0.2) is 80.5 Å². The van der Waals surface area contributed by atoms with Gasteiger partial charge in [0.2, 0.25) is 0 Å². The van der Waals surface area contributed by atoms with Crippen molar-refractivity contribution in [1.29, 1.82) is 0 Å². The lowest BCUT2D eigenvalue weighted by Crippen LogP contribution is -2.53. The number of hydrogen-bond acceptors (Lipinski definition) is 5. The largest absolute Gasteiger partial charge is 0.497 e. The third kappa shape index (κ3) is 6.87. The number of furan rings is 1. The Morgan fingerprint density at radius 2 is 1.84 bits per heavy atom. The highest BCUT2D eigenvalue weighted by atomic mass is 127. The number of halogens is 1. The molecule has 1 saturated heterocycles. The molecule has 1 aliphatic heterocycles. The molecule has 0 bridgehead atoms. The second kappa shape index (κ2) is 12.9. The van der Waals surface area contributed by atoms with Gasteiger partial charge in [-0.15, -0.1) is 24.0 Å². The molecule has 1 aromatic heterocycles. The van der Waals surface area contributed by atoms with E-state index < -0.39 is 0 Å². The molecule has 1 aromatic carbocycles. The number of nitrogens with zero attached hydrogens (tertiary/aromatic N) is 3. The third-order valence-electron chi connectivity index (χ3n) is 4.92. The van der Waals surface area contributed by atoms with Crippen LogP contribution in [0.4, 0.5) is 0 Å². The van der Waals surface area contributed by atoms with Crippen LogP contribution in [0.15, 0.2) is 52.1 Å². The minimum Gasteiger partial charge on any atom is -0.497 e. The Morgan fingerprint density at radius 3 is 2.50 bits per heavy atom. The Morgan fingerprint density at radius 1 is 1.09 bits per heavy atom. The highest BCUT2D eigenvalue weighted by Gasteiger charge is 2.25. The van der Waals surface area contributed by atoms with Gasteiger partial charge in [-0.25, -0.2) is 0 Å². The molecule has 0 unspecified atom stereocenters. The number of guanidine groups is 1. The number of aliphatic imine (C=N–C) groups is 1. The number of amides is 2. The molecule has 32 heavy (non-hydrogen) atoms. The first-order valence-corrected chi connectivity index (χ1v) is 10.4. The van der Waals surface area contributed by atoms with E-state index in [1.165, 1.54) is 6.26 Å². The maximum absolute atomic E-state index is 12.4. The van der Waals surface area contributed by atoms with Crippen molar-refractivity contribution >= 4 is 41.8 Å². The lowest BCUT2D eigenvalue weighted by molar-refractivity contribution is 0.0657. The smallest absolute Gasteiger partial charge is 0.289 e. The van der Waals surface area contributed by atoms with Gasteiger partial charge in [-0.05, 0) is 37.3 Å². The molecule has 9 nitrogen and oxygen atoms in total. The predicted octanol–water partition coefficient (Wildman–Crippen LogP) is 2.06. The minimum absolute atomic E-state index is 0. The van der Waals surface area contributed by atoms with Crippen LogP contribution in [-0.2, 0) is 0 Å². The van der Waals surface area contributed by atoms with Crippen LogP contribution < -0.4 is 15.4 Å². The normalized spacial score (nSPS) is 13.9. The van der Waals surface area contributed by atoms with Crippen LogP contribution in [0.1, 0.15) is 27.8 Å². The highest BCUT2D eigenvalue weighted by Crippen LogP contribution is 2.12. The van der Waals surface area contributed by atoms with E-state index in [2.05, 4.69) is 20.5 Å². The maximum Gasteiger partial charge on any atom is 0.289 e. The molecule has 0 spiro atoms. The van der Waals surface area contributed by atoms with Crippen molar-refractivity contribution in [3.63, 3.8) is 0 Å². The molecular weight excluding hydrogens is 525 g/mol. The number of rotatable bonds is 7. The SMILES string of the molecule is CCNC(=NCCNC(=O)c1cccc(OC)c1)N1CCN(C(=O)c2ccco2)CC1.I. The molecule has 10 heteroatoms. The molecule has 174 valence electrons. The summed E-state index contributed by atoms with van der Waals surface area (Å²) >= 11 is 0. The predicted molar refractivity (Wildman–Crippen MR) is 133 cm³/mol. The fourth-order valence-electron chi connectivity index (χ4n) is 3.30. The van der Waals surface area contributed by atoms with E-state index in [1.54, 1.807) is 48.4 Å². The number of hydrogen-bond donors (Lipinski definition) is 2. The van der Waals surface area contributed by atoms with Gasteiger partial charge in [0.25, 0.3) is 11.8 Å². The molecule has 0 aliphatic carbocycles. The summed E-state index contributed by atoms with van der Waals surface area (Å²) in [5.74, 6) is 1.53. The van der Waals surface area contributed by atoms with Crippen molar-refractivity contribution in [2.75, 3.05) is 52.9 Å². The zero-order valence-corrected chi connectivity index (χ0v) is 20.7. The van der Waals surface area contributed by atoms with Crippen LogP contribution in [0.25, 0.3) is 0 Å². The number of ether oxygens (including phenoxy) is 1. The topological polar surface area (TPSA) is 99.4 Å². The Hall–Kier alpha value is -2.76. The summed E-state index contributed by atoms with van der Waals surface area (Å²) in [4.78, 5) is 33.2. The standard InChI is InChI=1S/C22H29N5O4.HI/c1-3-23-22(25-10-9-24-20(28)17-6-4-7-18(16-17)30-2)27-13-11-26(12-14-27)21(29)19-8-5-15-31-19;/h4-8,15-16H,3,9-14H2,1-2H3,(H,23,25)(H,24,28);1H. The van der Waals surface area contributed by atoms with E-state index in [0.717, 1.165) is 12.5 Å². The molecule has 1 aliphatic rings. The summed E-state index contributed by atoms with van der Waals surface area (Å²) in [7, 11) is 1.57. The summed E-state index contributed by atoms with van der Waals surface area (Å²) in [5.41, 5.74) is 0.549. The van der Waals surface area contributed by atoms with E-state index in [0.29, 0.717) is 56.3 Å². The van der Waals surface area contributed by atoms with E-state index in [1.807, 2.05) is 6.92 Å². The van der Waals surface area contributed by atoms with Crippen molar-refractivity contribution < 1.29 is 18.7 Å². The van der Waals surface area contributed by atoms with Crippen LogP contribution in [0, 0.1) is 0 Å². The quantitative estimate of drug-likeness (QED) is 0.235. The molecule has 0 radical (unpaired) electrons. The Labute approximate surface area is 205 Å². The molecule has 3 rings (SSSR count). The fraction of sp³-hybridized carbons (Fsp3) is 0.409. The average Bonchev–Trinajstić information content (AvgIpc) is 3.35. The van der Waals surface area contributed by atoms with Crippen molar-refractivity contribution in [2.24, 2.45) is 4.99 Å². The first-order valence-electron chi connectivity index (χ1n) is 10.4. The Balaban J connectivity index is 0.00000363. The number of nitrogens with one attached hydrogen (secondary N) is 2. The number of benzene rings is 1. The number of piperazine rings is 1. The molecular formula is C22H30IN5O4. The molecule has 0 atom stereocenters. The first kappa shape index (κ1) is 25.5. The average molecular weight is 555 g/mol. The summed E-state index contributed by atoms with van der Waals surface area (Å²) in [5, 5.41) is 6.16. The van der Waals surface area contributed by atoms with Crippen molar-refractivity contribution in [3.05, 3.63) is 54.0 Å². The molecule has 1 fully saturated rings. The van der Waals surface area contributed by atoms with Gasteiger partial charge in [0.1, 0.15) is 5.75 Å². The van der Waals surface area contributed by atoms with Gasteiger partial charge in [-0.3, -0.25) is 14.6 Å². The maximum atomic E-state index is 12.4. The van der Waals surface area contributed by atoms with Gasteiger partial charge in [0, 0.05) is 44.8 Å². The Kier molecular flexibility index (Phi) is 10.3. The first-order chi connectivity index (χ1) is 15.1. The number of carbonyl (C=O) groups excluding carboxylic acids is 2. The van der Waals surface area contributed by atoms with E-state index in [4.69, 9.17) is 9.15 Å². The highest BCUT2D eigenvalue weighted by molar-refractivity contribution is 14.0. The van der Waals surface area contributed by atoms with Gasteiger partial charge < -0.3 is 29.6 Å². The summed E-state index contributed by atoms with van der Waals surface area (Å²) in [6, 6.07) is 10.4. The molecule has 2 N–H and O–H groups in total. The van der Waals surface area contributed by atoms with Crippen LogP contribution in [0.3, 0.4) is 0 Å². The summed E-state index contributed by atoms with van der Waals surface area (Å²) in [6.45, 7) is 6.15. The van der Waals surface area contributed by atoms with Crippen molar-refractivity contribution in [1.82, 2.24) is 20.4 Å². The van der Waals surface area contributed by atoms with Gasteiger partial charge in [-0.2, -0.15) is 0 Å². The fourth-order valence-corrected chi connectivity index (χ4v) is 3.30. The van der Waals surface area contributed by atoms with Crippen LogP contribution in [0.5, 0.6) is 5.75 Å². The number of carbonyl (C=O) groups is 2. The zero-order valence-electron chi connectivity index (χ0n) is 18.4. The van der Waals surface area contributed by atoms with Gasteiger partial charge in [0.05, 0.1) is 19.9 Å². The van der Waals surface area contributed by atoms with E-state index in [9.17, 15) is 9.59 Å². The molecule has 2 heterocycles. The molecule has 0 saturated carbocycles. The monoisotopic (exact) mass is 555 g/mol. The van der Waals surface area contributed by atoms with Gasteiger partial charge in [0.15, 0.2) is 11.7 Å². The van der Waals surface area contributed by atoms with Crippen LogP contribution >= 0.6 is 24.0 Å². The van der Waals surface area contributed by atoms with E-state index in [-0.39, 0.29) is 35.8 Å². The summed E-state index contributed by atoms with van der Waals surface area (Å²) < 4.78 is 10.4. The van der Waals surface area contributed by atoms with Gasteiger partial charge >= 0.3 is 0 Å². The van der Waals surface area contributed by atoms with Crippen molar-refractivity contribution in [3.8, 4) is 5.75 Å². The lowest BCUT2D eigenvalue weighted by Gasteiger charge is -2.36. The van der Waals surface area contributed by atoms with Crippen molar-refractivity contribution in [2.45, 2.75) is 6.92 Å². The molecule has 2 amide bonds. The lowest BCUT2D eigenvalue weighted by atomic mass is 10.2. The summed E-state index contributed by atoms with van der Waals surface area (Å²) in [6.07, 6.45) is 1.51. The molecule has 2 aromatic rings. The van der Waals surface area contributed by atoms with E-state index >= 15 is 0 Å².